The van der Waals surface area contributed by atoms with Gasteiger partial charge < -0.3 is 10.2 Å². The first-order valence-corrected chi connectivity index (χ1v) is 8.48. The third-order valence-electron chi connectivity index (χ3n) is 4.21. The van der Waals surface area contributed by atoms with Gasteiger partial charge in [0.25, 0.3) is 0 Å². The van der Waals surface area contributed by atoms with Crippen LogP contribution in [0.4, 0.5) is 0 Å². The summed E-state index contributed by atoms with van der Waals surface area (Å²) in [6.07, 6.45) is 9.82. The normalized spacial score (nSPS) is 18.9. The van der Waals surface area contributed by atoms with Gasteiger partial charge in [0.15, 0.2) is 0 Å². The Bertz CT molecular complexity index is 212. The Kier molecular flexibility index (Phi) is 8.01. The molecule has 0 amide bonds. The second-order valence-corrected chi connectivity index (χ2v) is 7.33. The summed E-state index contributed by atoms with van der Waals surface area (Å²) >= 11 is 0. The van der Waals surface area contributed by atoms with Gasteiger partial charge in [-0.15, -0.1) is 0 Å². The van der Waals surface area contributed by atoms with Crippen molar-refractivity contribution < 1.29 is 0 Å². The number of likely N-dealkylation sites (tertiary alicyclic amines) is 1. The van der Waals surface area contributed by atoms with Crippen molar-refractivity contribution in [3.8, 4) is 0 Å². The van der Waals surface area contributed by atoms with E-state index in [0.717, 1.165) is 5.92 Å². The molecule has 1 rings (SSSR count). The summed E-state index contributed by atoms with van der Waals surface area (Å²) in [6, 6.07) is 0. The Morgan fingerprint density at radius 1 is 1.00 bits per heavy atom. The molecule has 0 aromatic rings. The molecule has 0 aromatic carbocycles. The highest BCUT2D eigenvalue weighted by Gasteiger charge is 2.20. The van der Waals surface area contributed by atoms with Crippen LogP contribution in [0.15, 0.2) is 0 Å². The average molecular weight is 268 g/mol. The van der Waals surface area contributed by atoms with Crippen molar-refractivity contribution >= 4 is 0 Å². The molecule has 1 saturated heterocycles. The predicted octanol–water partition coefficient (Wildman–Crippen LogP) is 4.06. The Morgan fingerprint density at radius 3 is 2.21 bits per heavy atom. The number of nitrogens with one attached hydrogen (secondary N) is 1. The summed E-state index contributed by atoms with van der Waals surface area (Å²) in [5.41, 5.74) is 0.274. The lowest BCUT2D eigenvalue weighted by Crippen LogP contribution is -2.43. The summed E-state index contributed by atoms with van der Waals surface area (Å²) in [5.74, 6) is 0.899. The van der Waals surface area contributed by atoms with E-state index in [1.165, 1.54) is 71.1 Å². The van der Waals surface area contributed by atoms with E-state index >= 15 is 0 Å². The molecule has 1 aliphatic heterocycles. The molecule has 114 valence electrons. The molecule has 1 heterocycles. The molecule has 0 unspecified atom stereocenters. The zero-order chi connectivity index (χ0) is 14.1. The predicted molar refractivity (Wildman–Crippen MR) is 85.7 cm³/mol. The third-order valence-corrected chi connectivity index (χ3v) is 4.21. The zero-order valence-electron chi connectivity index (χ0n) is 13.8. The molecular weight excluding hydrogens is 232 g/mol. The highest BCUT2D eigenvalue weighted by molar-refractivity contribution is 4.77. The van der Waals surface area contributed by atoms with E-state index in [1.54, 1.807) is 0 Å². The highest BCUT2D eigenvalue weighted by Crippen LogP contribution is 2.18. The van der Waals surface area contributed by atoms with Crippen molar-refractivity contribution in [3.63, 3.8) is 0 Å². The molecule has 2 heteroatoms. The Hall–Kier alpha value is -0.0800. The highest BCUT2D eigenvalue weighted by atomic mass is 15.1. The number of rotatable bonds is 8. The topological polar surface area (TPSA) is 15.3 Å². The minimum atomic E-state index is 0.274. The molecular formula is C17H36N2. The molecule has 2 nitrogen and oxygen atoms in total. The van der Waals surface area contributed by atoms with Crippen LogP contribution >= 0.6 is 0 Å². The van der Waals surface area contributed by atoms with Gasteiger partial charge >= 0.3 is 0 Å². The fourth-order valence-corrected chi connectivity index (χ4v) is 2.80. The van der Waals surface area contributed by atoms with Gasteiger partial charge in [-0.25, -0.2) is 0 Å². The fourth-order valence-electron chi connectivity index (χ4n) is 2.80. The lowest BCUT2D eigenvalue weighted by Gasteiger charge is -2.33. The van der Waals surface area contributed by atoms with Crippen molar-refractivity contribution in [2.75, 3.05) is 26.2 Å². The SMILES string of the molecule is CCCCCCCN1CCC(CNC(C)(C)C)CC1. The largest absolute Gasteiger partial charge is 0.312 e. The molecule has 0 saturated carbocycles. The minimum Gasteiger partial charge on any atom is -0.312 e. The number of piperidine rings is 1. The van der Waals surface area contributed by atoms with Gasteiger partial charge in [-0.05, 0) is 72.1 Å². The summed E-state index contributed by atoms with van der Waals surface area (Å²) in [5, 5.41) is 3.65. The van der Waals surface area contributed by atoms with E-state index in [2.05, 4.69) is 37.9 Å². The van der Waals surface area contributed by atoms with Crippen molar-refractivity contribution in [2.45, 2.75) is 78.2 Å². The van der Waals surface area contributed by atoms with Gasteiger partial charge in [-0.2, -0.15) is 0 Å². The molecule has 1 fully saturated rings. The average Bonchev–Trinajstić information content (AvgIpc) is 2.37. The summed E-state index contributed by atoms with van der Waals surface area (Å²) in [6.45, 7) is 14.3. The molecule has 0 spiro atoms. The number of nitrogens with zero attached hydrogens (tertiary/aromatic N) is 1. The molecule has 1 aliphatic rings. The van der Waals surface area contributed by atoms with Crippen LogP contribution in [-0.4, -0.2) is 36.6 Å². The smallest absolute Gasteiger partial charge is 0.00966 e. The van der Waals surface area contributed by atoms with Gasteiger partial charge in [0.05, 0.1) is 0 Å². The first kappa shape index (κ1) is 17.0. The van der Waals surface area contributed by atoms with Crippen LogP contribution in [0.1, 0.15) is 72.6 Å². The molecule has 1 N–H and O–H groups in total. The zero-order valence-corrected chi connectivity index (χ0v) is 13.8. The van der Waals surface area contributed by atoms with E-state index in [0.29, 0.717) is 0 Å². The van der Waals surface area contributed by atoms with Crippen LogP contribution in [0.3, 0.4) is 0 Å². The van der Waals surface area contributed by atoms with Gasteiger partial charge in [0, 0.05) is 5.54 Å². The maximum absolute atomic E-state index is 3.65. The van der Waals surface area contributed by atoms with Crippen LogP contribution in [0.2, 0.25) is 0 Å². The number of unbranched alkanes of at least 4 members (excludes halogenated alkanes) is 4. The van der Waals surface area contributed by atoms with Crippen LogP contribution in [0, 0.1) is 5.92 Å². The van der Waals surface area contributed by atoms with Crippen molar-refractivity contribution in [3.05, 3.63) is 0 Å². The Balaban J connectivity index is 2.02. The molecule has 0 aliphatic carbocycles. The Labute approximate surface area is 121 Å². The molecule has 0 aromatic heterocycles. The fraction of sp³-hybridized carbons (Fsp3) is 1.00. The summed E-state index contributed by atoms with van der Waals surface area (Å²) in [4.78, 5) is 2.68. The van der Waals surface area contributed by atoms with E-state index < -0.39 is 0 Å². The van der Waals surface area contributed by atoms with Crippen molar-refractivity contribution in [1.82, 2.24) is 10.2 Å². The lowest BCUT2D eigenvalue weighted by atomic mass is 9.95. The van der Waals surface area contributed by atoms with Crippen molar-refractivity contribution in [1.29, 1.82) is 0 Å². The summed E-state index contributed by atoms with van der Waals surface area (Å²) in [7, 11) is 0. The monoisotopic (exact) mass is 268 g/mol. The second kappa shape index (κ2) is 8.97. The maximum atomic E-state index is 3.65. The van der Waals surface area contributed by atoms with Crippen molar-refractivity contribution in [2.24, 2.45) is 5.92 Å². The van der Waals surface area contributed by atoms with Crippen LogP contribution < -0.4 is 5.32 Å². The molecule has 0 bridgehead atoms. The quantitative estimate of drug-likeness (QED) is 0.668. The molecule has 0 atom stereocenters. The van der Waals surface area contributed by atoms with Crippen LogP contribution in [-0.2, 0) is 0 Å². The second-order valence-electron chi connectivity index (χ2n) is 7.33. The van der Waals surface area contributed by atoms with E-state index in [1.807, 2.05) is 0 Å². The van der Waals surface area contributed by atoms with Gasteiger partial charge in [0.1, 0.15) is 0 Å². The van der Waals surface area contributed by atoms with Gasteiger partial charge in [-0.1, -0.05) is 32.6 Å². The number of hydrogen-bond acceptors (Lipinski definition) is 2. The lowest BCUT2D eigenvalue weighted by molar-refractivity contribution is 0.174. The number of hydrogen-bond donors (Lipinski definition) is 1. The van der Waals surface area contributed by atoms with E-state index in [4.69, 9.17) is 0 Å². The van der Waals surface area contributed by atoms with Crippen LogP contribution in [0.5, 0.6) is 0 Å². The first-order chi connectivity index (χ1) is 9.01. The van der Waals surface area contributed by atoms with Crippen LogP contribution in [0.25, 0.3) is 0 Å². The molecule has 0 radical (unpaired) electrons. The third kappa shape index (κ3) is 8.65. The summed E-state index contributed by atoms with van der Waals surface area (Å²) < 4.78 is 0. The minimum absolute atomic E-state index is 0.274. The Morgan fingerprint density at radius 2 is 1.63 bits per heavy atom. The van der Waals surface area contributed by atoms with E-state index in [9.17, 15) is 0 Å². The van der Waals surface area contributed by atoms with E-state index in [-0.39, 0.29) is 5.54 Å². The first-order valence-electron chi connectivity index (χ1n) is 8.48. The molecule has 19 heavy (non-hydrogen) atoms. The maximum Gasteiger partial charge on any atom is 0.00966 e. The standard InChI is InChI=1S/C17H36N2/c1-5-6-7-8-9-12-19-13-10-16(11-14-19)15-18-17(2,3)4/h16,18H,5-15H2,1-4H3. The van der Waals surface area contributed by atoms with Gasteiger partial charge in [-0.3, -0.25) is 0 Å². The van der Waals surface area contributed by atoms with Gasteiger partial charge in [0.2, 0.25) is 0 Å².